The van der Waals surface area contributed by atoms with E-state index in [1.165, 1.54) is 12.8 Å². The second-order valence-electron chi connectivity index (χ2n) is 6.76. The molecular weight excluding hydrogens is 350 g/mol. The van der Waals surface area contributed by atoms with Gasteiger partial charge in [-0.1, -0.05) is 61.0 Å². The largest absolute Gasteiger partial charge is 0.508 e. The molecule has 2 aromatic carbocycles. The molecule has 3 rings (SSSR count). The van der Waals surface area contributed by atoms with Gasteiger partial charge in [-0.05, 0) is 60.6 Å². The van der Waals surface area contributed by atoms with E-state index < -0.39 is 0 Å². The first-order chi connectivity index (χ1) is 12.0. The number of phenols is 1. The van der Waals surface area contributed by atoms with E-state index >= 15 is 0 Å². The fourth-order valence-electron chi connectivity index (χ4n) is 2.94. The standard InChI is InChI=1S/C21H24ClNOS/c1-2-15-6-9-18(24)12-21(15)25-19-10-7-16(20(22)13-19)5-8-17(23)11-14-3-4-14/h2,6-7,9-10,12-14,17,24H,1,3-5,8,11,23H2. The zero-order chi connectivity index (χ0) is 17.8. The van der Waals surface area contributed by atoms with Gasteiger partial charge in [-0.15, -0.1) is 0 Å². The first kappa shape index (κ1) is 18.4. The SMILES string of the molecule is C=Cc1ccc(O)cc1Sc1ccc(CCC(N)CC2CC2)c(Cl)c1. The number of hydrogen-bond donors (Lipinski definition) is 2. The molecule has 0 spiro atoms. The highest BCUT2D eigenvalue weighted by atomic mass is 35.5. The van der Waals surface area contributed by atoms with Crippen LogP contribution in [-0.4, -0.2) is 11.1 Å². The van der Waals surface area contributed by atoms with Crippen LogP contribution >= 0.6 is 23.4 Å². The van der Waals surface area contributed by atoms with Crippen LogP contribution in [-0.2, 0) is 6.42 Å². The van der Waals surface area contributed by atoms with Crippen molar-refractivity contribution in [2.75, 3.05) is 0 Å². The quantitative estimate of drug-likeness (QED) is 0.605. The van der Waals surface area contributed by atoms with Crippen LogP contribution in [0.5, 0.6) is 5.75 Å². The molecule has 1 aliphatic rings. The van der Waals surface area contributed by atoms with E-state index in [1.807, 2.05) is 12.1 Å². The van der Waals surface area contributed by atoms with Crippen LogP contribution < -0.4 is 5.73 Å². The molecule has 0 saturated heterocycles. The Labute approximate surface area is 159 Å². The molecule has 2 aromatic rings. The molecular formula is C21H24ClNOS. The number of phenolic OH excluding ortho intramolecular Hbond substituents is 1. The van der Waals surface area contributed by atoms with Crippen molar-refractivity contribution >= 4 is 29.4 Å². The number of rotatable bonds is 8. The summed E-state index contributed by atoms with van der Waals surface area (Å²) in [7, 11) is 0. The summed E-state index contributed by atoms with van der Waals surface area (Å²) < 4.78 is 0. The lowest BCUT2D eigenvalue weighted by molar-refractivity contribution is 0.474. The summed E-state index contributed by atoms with van der Waals surface area (Å²) in [4.78, 5) is 2.01. The maximum Gasteiger partial charge on any atom is 0.116 e. The van der Waals surface area contributed by atoms with Gasteiger partial charge in [-0.2, -0.15) is 0 Å². The van der Waals surface area contributed by atoms with Crippen molar-refractivity contribution in [3.05, 3.63) is 59.1 Å². The van der Waals surface area contributed by atoms with Crippen molar-refractivity contribution in [3.63, 3.8) is 0 Å². The molecule has 4 heteroatoms. The Hall–Kier alpha value is -1.42. The van der Waals surface area contributed by atoms with Gasteiger partial charge in [0.25, 0.3) is 0 Å². The van der Waals surface area contributed by atoms with E-state index in [0.717, 1.165) is 51.1 Å². The number of benzene rings is 2. The van der Waals surface area contributed by atoms with Gasteiger partial charge in [0.15, 0.2) is 0 Å². The van der Waals surface area contributed by atoms with Crippen LogP contribution in [0.15, 0.2) is 52.8 Å². The van der Waals surface area contributed by atoms with Crippen LogP contribution in [0.3, 0.4) is 0 Å². The van der Waals surface area contributed by atoms with Gasteiger partial charge in [0, 0.05) is 20.9 Å². The summed E-state index contributed by atoms with van der Waals surface area (Å²) in [6.07, 6.45) is 7.54. The summed E-state index contributed by atoms with van der Waals surface area (Å²) >= 11 is 8.05. The lowest BCUT2D eigenvalue weighted by Crippen LogP contribution is -2.21. The Balaban J connectivity index is 1.65. The second-order valence-corrected chi connectivity index (χ2v) is 8.28. The van der Waals surface area contributed by atoms with Crippen LogP contribution in [0, 0.1) is 5.92 Å². The minimum Gasteiger partial charge on any atom is -0.508 e. The van der Waals surface area contributed by atoms with E-state index in [9.17, 15) is 5.11 Å². The predicted octanol–water partition coefficient (Wildman–Crippen LogP) is 5.90. The Bertz CT molecular complexity index is 758. The summed E-state index contributed by atoms with van der Waals surface area (Å²) in [5.74, 6) is 1.12. The van der Waals surface area contributed by atoms with E-state index in [1.54, 1.807) is 30.0 Å². The normalized spacial score (nSPS) is 15.1. The van der Waals surface area contributed by atoms with Crippen molar-refractivity contribution in [2.24, 2.45) is 11.7 Å². The molecule has 0 radical (unpaired) electrons. The predicted molar refractivity (Wildman–Crippen MR) is 107 cm³/mol. The minimum absolute atomic E-state index is 0.250. The Morgan fingerprint density at radius 1 is 1.28 bits per heavy atom. The molecule has 1 unspecified atom stereocenters. The Morgan fingerprint density at radius 3 is 2.76 bits per heavy atom. The van der Waals surface area contributed by atoms with Crippen LogP contribution in [0.25, 0.3) is 6.08 Å². The summed E-state index contributed by atoms with van der Waals surface area (Å²) in [5, 5.41) is 10.5. The molecule has 0 amide bonds. The zero-order valence-electron chi connectivity index (χ0n) is 14.2. The number of aryl methyl sites for hydroxylation is 1. The van der Waals surface area contributed by atoms with Gasteiger partial charge < -0.3 is 10.8 Å². The number of aromatic hydroxyl groups is 1. The summed E-state index contributed by atoms with van der Waals surface area (Å²) in [6.45, 7) is 3.83. The molecule has 3 N–H and O–H groups in total. The average Bonchev–Trinajstić information content (AvgIpc) is 3.38. The highest BCUT2D eigenvalue weighted by Gasteiger charge is 2.23. The van der Waals surface area contributed by atoms with Crippen LogP contribution in [0.2, 0.25) is 5.02 Å². The topological polar surface area (TPSA) is 46.2 Å². The molecule has 1 aliphatic carbocycles. The van der Waals surface area contributed by atoms with Crippen molar-refractivity contribution in [1.82, 2.24) is 0 Å². The zero-order valence-corrected chi connectivity index (χ0v) is 15.8. The first-order valence-corrected chi connectivity index (χ1v) is 9.92. The maximum absolute atomic E-state index is 9.71. The molecule has 132 valence electrons. The van der Waals surface area contributed by atoms with E-state index in [0.29, 0.717) is 0 Å². The molecule has 1 saturated carbocycles. The number of halogens is 1. The fourth-order valence-corrected chi connectivity index (χ4v) is 4.30. The van der Waals surface area contributed by atoms with E-state index in [-0.39, 0.29) is 11.8 Å². The third-order valence-electron chi connectivity index (χ3n) is 4.59. The molecule has 0 bridgehead atoms. The Kier molecular flexibility index (Phi) is 6.10. The lowest BCUT2D eigenvalue weighted by Gasteiger charge is -2.12. The van der Waals surface area contributed by atoms with Crippen molar-refractivity contribution in [2.45, 2.75) is 47.9 Å². The van der Waals surface area contributed by atoms with Crippen LogP contribution in [0.1, 0.15) is 36.8 Å². The van der Waals surface area contributed by atoms with Gasteiger partial charge in [0.05, 0.1) is 0 Å². The third-order valence-corrected chi connectivity index (χ3v) is 6.00. The molecule has 2 nitrogen and oxygen atoms in total. The van der Waals surface area contributed by atoms with Gasteiger partial charge in [-0.25, -0.2) is 0 Å². The molecule has 1 atom stereocenters. The van der Waals surface area contributed by atoms with Crippen LogP contribution in [0.4, 0.5) is 0 Å². The lowest BCUT2D eigenvalue weighted by atomic mass is 10.0. The second kappa shape index (κ2) is 8.31. The first-order valence-electron chi connectivity index (χ1n) is 8.72. The number of nitrogens with two attached hydrogens (primary N) is 1. The minimum atomic E-state index is 0.250. The third kappa shape index (κ3) is 5.27. The van der Waals surface area contributed by atoms with Crippen molar-refractivity contribution < 1.29 is 5.11 Å². The summed E-state index contributed by atoms with van der Waals surface area (Å²) in [5.41, 5.74) is 8.36. The van der Waals surface area contributed by atoms with E-state index in [2.05, 4.69) is 18.7 Å². The molecule has 0 heterocycles. The van der Waals surface area contributed by atoms with E-state index in [4.69, 9.17) is 17.3 Å². The molecule has 0 aliphatic heterocycles. The monoisotopic (exact) mass is 373 g/mol. The maximum atomic E-state index is 9.71. The average molecular weight is 374 g/mol. The van der Waals surface area contributed by atoms with Crippen molar-refractivity contribution in [1.29, 1.82) is 0 Å². The number of hydrogen-bond acceptors (Lipinski definition) is 3. The highest BCUT2D eigenvalue weighted by Crippen LogP contribution is 2.36. The fraction of sp³-hybridized carbons (Fsp3) is 0.333. The van der Waals surface area contributed by atoms with Gasteiger partial charge in [0.1, 0.15) is 5.75 Å². The van der Waals surface area contributed by atoms with Gasteiger partial charge >= 0.3 is 0 Å². The van der Waals surface area contributed by atoms with Gasteiger partial charge in [-0.3, -0.25) is 0 Å². The summed E-state index contributed by atoms with van der Waals surface area (Å²) in [6, 6.07) is 11.7. The molecule has 1 fully saturated rings. The highest BCUT2D eigenvalue weighted by molar-refractivity contribution is 7.99. The van der Waals surface area contributed by atoms with Crippen molar-refractivity contribution in [3.8, 4) is 5.75 Å². The molecule has 25 heavy (non-hydrogen) atoms. The molecule has 0 aromatic heterocycles. The Morgan fingerprint density at radius 2 is 2.08 bits per heavy atom. The smallest absolute Gasteiger partial charge is 0.116 e. The van der Waals surface area contributed by atoms with Gasteiger partial charge in [0.2, 0.25) is 0 Å².